The maximum Gasteiger partial charge on any atom is 1.00 e. The van der Waals surface area contributed by atoms with Crippen LogP contribution in [0.1, 0.15) is 0 Å². The Hall–Kier alpha value is 2.89. The molecule has 0 spiro atoms. The topological polar surface area (TPSA) is 114 Å². The van der Waals surface area contributed by atoms with Crippen molar-refractivity contribution < 1.29 is 112 Å². The Morgan fingerprint density at radius 3 is 0.429 bits per heavy atom. The van der Waals surface area contributed by atoms with Crippen LogP contribution in [0, 0.1) is 31.1 Å². The Kier molecular flexibility index (Phi) is 885. The van der Waals surface area contributed by atoms with Gasteiger partial charge in [-0.1, -0.05) is 0 Å². The van der Waals surface area contributed by atoms with E-state index in [1.165, 1.54) is 0 Å². The van der Waals surface area contributed by atoms with Crippen molar-refractivity contribution in [2.75, 3.05) is 0 Å². The molecule has 0 fully saturated rings. The first-order chi connectivity index (χ1) is 0. The summed E-state index contributed by atoms with van der Waals surface area (Å²) in [5, 5.41) is 0. The molecule has 0 aromatic carbocycles. The van der Waals surface area contributed by atoms with Crippen molar-refractivity contribution in [2.24, 2.45) is 0 Å². The summed E-state index contributed by atoms with van der Waals surface area (Å²) >= 11 is 0. The average molecular weight is 348 g/mol. The molecule has 0 saturated heterocycles. The van der Waals surface area contributed by atoms with Crippen LogP contribution in [0.3, 0.4) is 0 Å². The molecule has 0 aromatic heterocycles. The van der Waals surface area contributed by atoms with Crippen molar-refractivity contribution in [3.05, 3.63) is 0 Å². The van der Waals surface area contributed by atoms with E-state index in [0.717, 1.165) is 0 Å². The fraction of sp³-hybridized carbons (Fsp3) is 0. The molecule has 0 saturated carbocycles. The van der Waals surface area contributed by atoms with Crippen molar-refractivity contribution in [3.63, 3.8) is 0 Å². The monoisotopic (exact) mass is 348 g/mol. The van der Waals surface area contributed by atoms with Gasteiger partial charge in [0, 0.05) is 31.1 Å². The fourth-order valence-corrected chi connectivity index (χ4v) is 0. The van der Waals surface area contributed by atoms with Gasteiger partial charge in [0.1, 0.15) is 0 Å². The first-order valence-electron chi connectivity index (χ1n) is 0. The molecule has 0 unspecified atom stereocenters. The zero-order chi connectivity index (χ0) is 0. The van der Waals surface area contributed by atoms with E-state index >= 15 is 0 Å². The minimum Gasteiger partial charge on any atom is -2.00 e. The third-order valence-corrected chi connectivity index (χ3v) is 0. The van der Waals surface area contributed by atoms with Gasteiger partial charge in [-0.05, 0) is 0 Å². The molecule has 4 nitrogen and oxygen atoms in total. The van der Waals surface area contributed by atoms with Crippen LogP contribution in [0.2, 0.25) is 0 Å². The normalized spacial score (nSPS) is 0. The van der Waals surface area contributed by atoms with E-state index in [0.29, 0.717) is 0 Å². The predicted molar refractivity (Wildman–Crippen MR) is 2.75 cm³/mol. The third kappa shape index (κ3) is 50.5. The Bertz CT molecular complexity index is 9.65. The maximum atomic E-state index is 0. The second kappa shape index (κ2) is 66.2. The first kappa shape index (κ1) is 93.5. The molecular weight excluding hydrogens is 348 g/mol. The Morgan fingerprint density at radius 1 is 0.429 bits per heavy atom. The summed E-state index contributed by atoms with van der Waals surface area (Å²) in [7, 11) is 0. The summed E-state index contributed by atoms with van der Waals surface area (Å²) in [4.78, 5) is 0. The molecule has 36 valence electrons. The minimum atomic E-state index is 0. The largest absolute Gasteiger partial charge is 2.00 e. The van der Waals surface area contributed by atoms with Crippen molar-refractivity contribution in [1.82, 2.24) is 0 Å². The van der Waals surface area contributed by atoms with E-state index in [2.05, 4.69) is 0 Å². The molecule has 0 amide bonds. The van der Waals surface area contributed by atoms with Gasteiger partial charge in [-0.3, -0.25) is 0 Å². The molecule has 0 heterocycles. The average Bonchev–Trinajstić information content (AvgIpc) is 0. The molecule has 0 N–H and O–H groups in total. The number of hydrogen-bond donors (Lipinski definition) is 0. The Morgan fingerprint density at radius 2 is 0.429 bits per heavy atom. The van der Waals surface area contributed by atoms with Crippen LogP contribution < -0.4 is 59.1 Å². The maximum absolute atomic E-state index is 0. The van der Waals surface area contributed by atoms with Crippen LogP contribution in [0.25, 0.3) is 0 Å². The van der Waals surface area contributed by atoms with E-state index < -0.39 is 0 Å². The van der Waals surface area contributed by atoms with Crippen LogP contribution in [0.4, 0.5) is 0 Å². The van der Waals surface area contributed by atoms with Gasteiger partial charge in [0.05, 0.1) is 0 Å². The Labute approximate surface area is 110 Å². The summed E-state index contributed by atoms with van der Waals surface area (Å²) in [5.41, 5.74) is 0. The van der Waals surface area contributed by atoms with Gasteiger partial charge in [0.2, 0.25) is 0 Å². The molecule has 0 aromatic rings. The zero-order valence-corrected chi connectivity index (χ0v) is 12.3. The SMILES string of the molecule is [Na+].[Na+].[O-2].[O-2].[O-2].[O-2].[U]. The van der Waals surface area contributed by atoms with Gasteiger partial charge < -0.3 is 21.9 Å². The Balaban J connectivity index is 0. The van der Waals surface area contributed by atoms with Crippen LogP contribution in [0.15, 0.2) is 0 Å². The molecule has 7 heteroatoms. The molecule has 0 aliphatic carbocycles. The van der Waals surface area contributed by atoms with Crippen molar-refractivity contribution in [1.29, 1.82) is 0 Å². The summed E-state index contributed by atoms with van der Waals surface area (Å²) in [6, 6.07) is 0. The summed E-state index contributed by atoms with van der Waals surface area (Å²) < 4.78 is 0. The van der Waals surface area contributed by atoms with Crippen LogP contribution in [-0.2, 0) is 21.9 Å². The molecule has 0 radical (unpaired) electrons. The van der Waals surface area contributed by atoms with Crippen LogP contribution >= 0.6 is 0 Å². The van der Waals surface area contributed by atoms with E-state index in [1.807, 2.05) is 0 Å². The van der Waals surface area contributed by atoms with E-state index in [1.54, 1.807) is 0 Å². The molecule has 0 aliphatic rings. The molecule has 0 rings (SSSR count). The van der Waals surface area contributed by atoms with E-state index in [9.17, 15) is 0 Å². The van der Waals surface area contributed by atoms with E-state index in [-0.39, 0.29) is 112 Å². The van der Waals surface area contributed by atoms with Crippen LogP contribution in [0.5, 0.6) is 0 Å². The summed E-state index contributed by atoms with van der Waals surface area (Å²) in [6.07, 6.45) is 0. The van der Waals surface area contributed by atoms with Crippen LogP contribution in [-0.4, -0.2) is 0 Å². The van der Waals surface area contributed by atoms with Crippen molar-refractivity contribution in [2.45, 2.75) is 0 Å². The van der Waals surface area contributed by atoms with Gasteiger partial charge in [-0.15, -0.1) is 0 Å². The number of rotatable bonds is 0. The summed E-state index contributed by atoms with van der Waals surface area (Å²) in [6.45, 7) is 0. The summed E-state index contributed by atoms with van der Waals surface area (Å²) in [5.74, 6) is 0. The smallest absolute Gasteiger partial charge is 1.00 e. The third-order valence-electron chi connectivity index (χ3n) is 0. The molecule has 0 bridgehead atoms. The number of hydrogen-bond acceptors (Lipinski definition) is 0. The predicted octanol–water partition coefficient (Wildman–Crippen LogP) is -6.47. The standard InChI is InChI=1S/2Na.4O.U/q2*+1;4*-2;. The molecular formula is Na2O4U-6. The molecule has 0 aliphatic heterocycles. The second-order valence-corrected chi connectivity index (χ2v) is 0. The molecule has 0 atom stereocenters. The fourth-order valence-electron chi connectivity index (χ4n) is 0. The molecule has 7 heavy (non-hydrogen) atoms. The van der Waals surface area contributed by atoms with Gasteiger partial charge in [-0.2, -0.15) is 0 Å². The quantitative estimate of drug-likeness (QED) is 0.388. The second-order valence-electron chi connectivity index (χ2n) is 0. The van der Waals surface area contributed by atoms with E-state index in [4.69, 9.17) is 0 Å². The van der Waals surface area contributed by atoms with Gasteiger partial charge in [-0.25, -0.2) is 0 Å². The minimum absolute atomic E-state index is 0. The zero-order valence-electron chi connectivity index (χ0n) is 4.13. The first-order valence-corrected chi connectivity index (χ1v) is 0. The van der Waals surface area contributed by atoms with Crippen molar-refractivity contribution >= 4 is 0 Å². The van der Waals surface area contributed by atoms with Crippen molar-refractivity contribution in [3.8, 4) is 0 Å². The van der Waals surface area contributed by atoms with Gasteiger partial charge >= 0.3 is 59.1 Å². The van der Waals surface area contributed by atoms with Gasteiger partial charge in [0.25, 0.3) is 0 Å². The van der Waals surface area contributed by atoms with Gasteiger partial charge in [0.15, 0.2) is 0 Å².